The molecule has 126 valence electrons. The van der Waals surface area contributed by atoms with Crippen molar-refractivity contribution in [2.24, 2.45) is 10.9 Å². The molecule has 0 aromatic heterocycles. The molecule has 0 aliphatic carbocycles. The highest BCUT2D eigenvalue weighted by atomic mass is 127. The molecule has 1 rings (SSSR count). The molecule has 1 saturated heterocycles. The normalized spacial score (nSPS) is 17.0. The van der Waals surface area contributed by atoms with Crippen LogP contribution < -0.4 is 5.32 Å². The highest BCUT2D eigenvalue weighted by molar-refractivity contribution is 14.0. The van der Waals surface area contributed by atoms with Crippen molar-refractivity contribution < 1.29 is 0 Å². The van der Waals surface area contributed by atoms with E-state index in [1.54, 1.807) is 0 Å². The van der Waals surface area contributed by atoms with Crippen molar-refractivity contribution in [1.82, 2.24) is 15.1 Å². The van der Waals surface area contributed by atoms with Crippen LogP contribution in [0.25, 0.3) is 0 Å². The maximum absolute atomic E-state index is 4.80. The fourth-order valence-electron chi connectivity index (χ4n) is 2.51. The van der Waals surface area contributed by atoms with E-state index in [0.29, 0.717) is 0 Å². The van der Waals surface area contributed by atoms with Crippen molar-refractivity contribution in [2.75, 3.05) is 46.3 Å². The molecular formula is C16H35IN4. The Morgan fingerprint density at radius 1 is 1.24 bits per heavy atom. The minimum Gasteiger partial charge on any atom is -0.357 e. The minimum atomic E-state index is 0. The van der Waals surface area contributed by atoms with Crippen LogP contribution in [0, 0.1) is 5.92 Å². The summed E-state index contributed by atoms with van der Waals surface area (Å²) in [6, 6.07) is 0. The number of likely N-dealkylation sites (N-methyl/N-ethyl adjacent to an activating group) is 1. The molecule has 1 fully saturated rings. The molecule has 1 aliphatic rings. The Morgan fingerprint density at radius 3 is 2.48 bits per heavy atom. The number of nitrogens with one attached hydrogen (secondary N) is 1. The Hall–Kier alpha value is -0.0400. The van der Waals surface area contributed by atoms with E-state index in [1.165, 1.54) is 32.2 Å². The van der Waals surface area contributed by atoms with Crippen molar-refractivity contribution in [3.05, 3.63) is 0 Å². The van der Waals surface area contributed by atoms with Crippen LogP contribution in [0.2, 0.25) is 0 Å². The van der Waals surface area contributed by atoms with Crippen molar-refractivity contribution in [3.63, 3.8) is 0 Å². The number of guanidine groups is 1. The maximum Gasteiger partial charge on any atom is 0.193 e. The fraction of sp³-hybridized carbons (Fsp3) is 0.938. The number of aliphatic imine (C=N–C) groups is 1. The van der Waals surface area contributed by atoms with Gasteiger partial charge in [-0.1, -0.05) is 20.3 Å². The molecule has 0 saturated carbocycles. The maximum atomic E-state index is 4.80. The van der Waals surface area contributed by atoms with Crippen molar-refractivity contribution in [2.45, 2.75) is 46.5 Å². The average Bonchev–Trinajstić information content (AvgIpc) is 2.45. The fourth-order valence-corrected chi connectivity index (χ4v) is 2.51. The van der Waals surface area contributed by atoms with Crippen molar-refractivity contribution >= 4 is 29.9 Å². The molecule has 0 atom stereocenters. The lowest BCUT2D eigenvalue weighted by Crippen LogP contribution is -2.45. The van der Waals surface area contributed by atoms with Crippen LogP contribution >= 0.6 is 24.0 Å². The molecule has 21 heavy (non-hydrogen) atoms. The van der Waals surface area contributed by atoms with Gasteiger partial charge in [-0.15, -0.1) is 24.0 Å². The van der Waals surface area contributed by atoms with Gasteiger partial charge in [0.1, 0.15) is 0 Å². The second-order valence-corrected chi connectivity index (χ2v) is 6.06. The molecule has 1 heterocycles. The molecule has 1 aliphatic heterocycles. The molecule has 0 amide bonds. The van der Waals surface area contributed by atoms with Gasteiger partial charge in [0.25, 0.3) is 0 Å². The Bertz CT molecular complexity index is 275. The molecule has 0 spiro atoms. The van der Waals surface area contributed by atoms with Crippen LogP contribution in [-0.4, -0.2) is 62.1 Å². The summed E-state index contributed by atoms with van der Waals surface area (Å²) in [4.78, 5) is 9.61. The first-order valence-electron chi connectivity index (χ1n) is 8.39. The lowest BCUT2D eigenvalue weighted by molar-refractivity contribution is 0.272. The molecule has 0 bridgehead atoms. The van der Waals surface area contributed by atoms with E-state index in [4.69, 9.17) is 4.99 Å². The predicted octanol–water partition coefficient (Wildman–Crippen LogP) is 3.03. The molecule has 1 N–H and O–H groups in total. The third kappa shape index (κ3) is 8.86. The van der Waals surface area contributed by atoms with Gasteiger partial charge in [-0.25, -0.2) is 0 Å². The summed E-state index contributed by atoms with van der Waals surface area (Å²) in [5.74, 6) is 1.98. The SMILES string of the molecule is CCCCN(C)CCN=C(NCC)N1CCC(C)CC1.I. The zero-order valence-electron chi connectivity index (χ0n) is 14.4. The van der Waals surface area contributed by atoms with E-state index in [2.05, 4.69) is 42.9 Å². The Morgan fingerprint density at radius 2 is 1.90 bits per heavy atom. The Kier molecular flexibility index (Phi) is 12.5. The number of unbranched alkanes of at least 4 members (excludes halogenated alkanes) is 1. The number of likely N-dealkylation sites (tertiary alicyclic amines) is 1. The molecule has 0 aromatic carbocycles. The van der Waals surface area contributed by atoms with Gasteiger partial charge >= 0.3 is 0 Å². The lowest BCUT2D eigenvalue weighted by Gasteiger charge is -2.33. The second-order valence-electron chi connectivity index (χ2n) is 6.06. The summed E-state index contributed by atoms with van der Waals surface area (Å²) in [6.45, 7) is 13.1. The molecule has 0 aromatic rings. The van der Waals surface area contributed by atoms with Crippen LogP contribution in [0.4, 0.5) is 0 Å². The van der Waals surface area contributed by atoms with E-state index >= 15 is 0 Å². The van der Waals surface area contributed by atoms with E-state index < -0.39 is 0 Å². The van der Waals surface area contributed by atoms with Gasteiger partial charge in [-0.05, 0) is 45.7 Å². The number of hydrogen-bond donors (Lipinski definition) is 1. The van der Waals surface area contributed by atoms with Gasteiger partial charge in [0, 0.05) is 26.2 Å². The van der Waals surface area contributed by atoms with Gasteiger partial charge in [0.15, 0.2) is 5.96 Å². The van der Waals surface area contributed by atoms with Crippen LogP contribution in [-0.2, 0) is 0 Å². The highest BCUT2D eigenvalue weighted by Gasteiger charge is 2.18. The summed E-state index contributed by atoms with van der Waals surface area (Å²) in [5, 5.41) is 3.44. The molecule has 5 heteroatoms. The van der Waals surface area contributed by atoms with Gasteiger partial charge < -0.3 is 15.1 Å². The molecule has 4 nitrogen and oxygen atoms in total. The summed E-state index contributed by atoms with van der Waals surface area (Å²) >= 11 is 0. The van der Waals surface area contributed by atoms with E-state index in [1.807, 2.05) is 0 Å². The van der Waals surface area contributed by atoms with Crippen LogP contribution in [0.1, 0.15) is 46.5 Å². The van der Waals surface area contributed by atoms with Crippen LogP contribution in [0.15, 0.2) is 4.99 Å². The third-order valence-electron chi connectivity index (χ3n) is 4.05. The molecule has 0 unspecified atom stereocenters. The third-order valence-corrected chi connectivity index (χ3v) is 4.05. The summed E-state index contributed by atoms with van der Waals surface area (Å²) < 4.78 is 0. The standard InChI is InChI=1S/C16H34N4.HI/c1-5-7-11-19(4)14-10-18-16(17-6-2)20-12-8-15(3)9-13-20;/h15H,5-14H2,1-4H3,(H,17,18);1H. The van der Waals surface area contributed by atoms with Gasteiger partial charge in [-0.2, -0.15) is 0 Å². The van der Waals surface area contributed by atoms with Gasteiger partial charge in [0.05, 0.1) is 6.54 Å². The zero-order chi connectivity index (χ0) is 14.8. The number of nitrogens with zero attached hydrogens (tertiary/aromatic N) is 3. The number of rotatable bonds is 7. The topological polar surface area (TPSA) is 30.9 Å². The quantitative estimate of drug-likeness (QED) is 0.398. The lowest BCUT2D eigenvalue weighted by atomic mass is 10.00. The van der Waals surface area contributed by atoms with Crippen molar-refractivity contribution in [1.29, 1.82) is 0 Å². The summed E-state index contributed by atoms with van der Waals surface area (Å²) in [5.41, 5.74) is 0. The number of hydrogen-bond acceptors (Lipinski definition) is 2. The van der Waals surface area contributed by atoms with Crippen LogP contribution in [0.5, 0.6) is 0 Å². The smallest absolute Gasteiger partial charge is 0.193 e. The highest BCUT2D eigenvalue weighted by Crippen LogP contribution is 2.15. The monoisotopic (exact) mass is 410 g/mol. The van der Waals surface area contributed by atoms with Gasteiger partial charge in [0.2, 0.25) is 0 Å². The summed E-state index contributed by atoms with van der Waals surface area (Å²) in [7, 11) is 2.20. The largest absolute Gasteiger partial charge is 0.357 e. The van der Waals surface area contributed by atoms with Gasteiger partial charge in [-0.3, -0.25) is 4.99 Å². The first-order chi connectivity index (χ1) is 9.67. The van der Waals surface area contributed by atoms with E-state index in [0.717, 1.165) is 44.6 Å². The molecule has 0 radical (unpaired) electrons. The van der Waals surface area contributed by atoms with Crippen LogP contribution in [0.3, 0.4) is 0 Å². The van der Waals surface area contributed by atoms with E-state index in [9.17, 15) is 0 Å². The minimum absolute atomic E-state index is 0. The Labute approximate surface area is 148 Å². The average molecular weight is 410 g/mol. The number of piperidine rings is 1. The van der Waals surface area contributed by atoms with E-state index in [-0.39, 0.29) is 24.0 Å². The second kappa shape index (κ2) is 12.5. The Balaban J connectivity index is 0.00000400. The molecular weight excluding hydrogens is 375 g/mol. The predicted molar refractivity (Wildman–Crippen MR) is 104 cm³/mol. The van der Waals surface area contributed by atoms with Crippen molar-refractivity contribution in [3.8, 4) is 0 Å². The number of halogens is 1. The first-order valence-corrected chi connectivity index (χ1v) is 8.39. The first kappa shape index (κ1) is 21.0. The zero-order valence-corrected chi connectivity index (χ0v) is 16.7. The summed E-state index contributed by atoms with van der Waals surface area (Å²) in [6.07, 6.45) is 5.13.